The maximum absolute atomic E-state index is 13.2. The van der Waals surface area contributed by atoms with E-state index in [2.05, 4.69) is 111 Å². The minimum absolute atomic E-state index is 0.317. The van der Waals surface area contributed by atoms with Gasteiger partial charge in [-0.05, 0) is 120 Å². The van der Waals surface area contributed by atoms with Crippen LogP contribution in [0.25, 0.3) is 33.1 Å². The number of halogens is 3. The number of anilines is 5. The largest absolute Gasteiger partial charge is 0.456 e. The fraction of sp³-hybridized carbons (Fsp3) is 0.143. The third-order valence-corrected chi connectivity index (χ3v) is 9.75. The molecule has 7 aromatic rings. The Bertz CT molecular complexity index is 2340. The van der Waals surface area contributed by atoms with Gasteiger partial charge in [0.15, 0.2) is 0 Å². The molecule has 6 heteroatoms. The molecule has 0 bridgehead atoms. The molecule has 8 rings (SSSR count). The first-order chi connectivity index (χ1) is 23.0. The zero-order valence-electron chi connectivity index (χ0n) is 27.1. The van der Waals surface area contributed by atoms with Crippen LogP contribution < -0.4 is 9.80 Å². The van der Waals surface area contributed by atoms with Gasteiger partial charge >= 0.3 is 6.18 Å². The molecule has 0 N–H and O–H groups in total. The Labute approximate surface area is 277 Å². The zero-order chi connectivity index (χ0) is 33.4. The molecule has 0 amide bonds. The number of furan rings is 1. The number of aryl methyl sites for hydroxylation is 1. The molecule has 1 aromatic heterocycles. The predicted molar refractivity (Wildman–Crippen MR) is 190 cm³/mol. The molecule has 48 heavy (non-hydrogen) atoms. The minimum Gasteiger partial charge on any atom is -0.456 e. The van der Waals surface area contributed by atoms with E-state index >= 15 is 0 Å². The molecule has 3 nitrogen and oxygen atoms in total. The van der Waals surface area contributed by atoms with Crippen molar-refractivity contribution in [2.24, 2.45) is 0 Å². The van der Waals surface area contributed by atoms with E-state index in [1.807, 2.05) is 30.1 Å². The molecule has 0 saturated carbocycles. The fourth-order valence-corrected chi connectivity index (χ4v) is 7.13. The van der Waals surface area contributed by atoms with Crippen LogP contribution in [-0.4, -0.2) is 7.05 Å². The highest BCUT2D eigenvalue weighted by atomic mass is 19.4. The third-order valence-electron chi connectivity index (χ3n) is 9.75. The highest BCUT2D eigenvalue weighted by molar-refractivity contribution is 6.07. The minimum atomic E-state index is -4.37. The molecule has 6 aromatic carbocycles. The van der Waals surface area contributed by atoms with Gasteiger partial charge in [-0.2, -0.15) is 13.2 Å². The van der Waals surface area contributed by atoms with Crippen molar-refractivity contribution in [1.29, 1.82) is 0 Å². The molecular weight excluding hydrogens is 605 g/mol. The van der Waals surface area contributed by atoms with Crippen molar-refractivity contribution in [2.75, 3.05) is 16.8 Å². The number of hydrogen-bond acceptors (Lipinski definition) is 3. The highest BCUT2D eigenvalue weighted by Gasteiger charge is 2.37. The Hall–Kier alpha value is -5.49. The van der Waals surface area contributed by atoms with Crippen LogP contribution in [0.3, 0.4) is 0 Å². The van der Waals surface area contributed by atoms with Gasteiger partial charge in [0.25, 0.3) is 0 Å². The van der Waals surface area contributed by atoms with E-state index in [1.54, 1.807) is 0 Å². The van der Waals surface area contributed by atoms with E-state index in [4.69, 9.17) is 4.42 Å². The molecule has 0 unspecified atom stereocenters. The molecule has 1 aliphatic carbocycles. The number of nitrogens with zero attached hydrogens (tertiary/aromatic N) is 2. The van der Waals surface area contributed by atoms with Crippen molar-refractivity contribution in [3.63, 3.8) is 0 Å². The quantitative estimate of drug-likeness (QED) is 0.187. The Morgan fingerprint density at radius 1 is 0.562 bits per heavy atom. The Balaban J connectivity index is 1.20. The van der Waals surface area contributed by atoms with E-state index in [9.17, 15) is 13.2 Å². The van der Waals surface area contributed by atoms with Crippen molar-refractivity contribution in [3.05, 3.63) is 150 Å². The fourth-order valence-electron chi connectivity index (χ4n) is 7.13. The standard InChI is InChI=1S/C42H33F3N2O/c1-26-10-20-39-35(22-26)36-23-31(17-21-40(36)48-39)47(29-8-6-5-7-9-29)32-16-19-34-33-18-15-30(24-37(33)41(2,3)38(34)25-32)46(4)28-13-11-27(12-14-28)42(43,44)45/h5-25H,1-4H3. The maximum Gasteiger partial charge on any atom is 0.416 e. The van der Waals surface area contributed by atoms with E-state index in [0.717, 1.165) is 56.8 Å². The van der Waals surface area contributed by atoms with E-state index in [0.29, 0.717) is 5.69 Å². The smallest absolute Gasteiger partial charge is 0.416 e. The maximum atomic E-state index is 13.2. The molecule has 0 atom stereocenters. The summed E-state index contributed by atoms with van der Waals surface area (Å²) in [5.74, 6) is 0. The van der Waals surface area contributed by atoms with Crippen molar-refractivity contribution < 1.29 is 17.6 Å². The van der Waals surface area contributed by atoms with Gasteiger partial charge in [-0.15, -0.1) is 0 Å². The summed E-state index contributed by atoms with van der Waals surface area (Å²) in [6.07, 6.45) is -4.37. The number of hydrogen-bond donors (Lipinski definition) is 0. The lowest BCUT2D eigenvalue weighted by Crippen LogP contribution is -2.17. The molecule has 0 aliphatic heterocycles. The second-order valence-corrected chi connectivity index (χ2v) is 13.1. The lowest BCUT2D eigenvalue weighted by atomic mass is 9.82. The summed E-state index contributed by atoms with van der Waals surface area (Å²) in [7, 11) is 1.89. The van der Waals surface area contributed by atoms with Crippen LogP contribution in [0.1, 0.15) is 36.1 Å². The molecule has 0 radical (unpaired) electrons. The van der Waals surface area contributed by atoms with Crippen LogP contribution in [0.5, 0.6) is 0 Å². The summed E-state index contributed by atoms with van der Waals surface area (Å²) >= 11 is 0. The molecular formula is C42H33F3N2O. The molecule has 0 fully saturated rings. The average molecular weight is 639 g/mol. The van der Waals surface area contributed by atoms with E-state index in [-0.39, 0.29) is 5.41 Å². The van der Waals surface area contributed by atoms with Crippen LogP contribution in [0.4, 0.5) is 41.6 Å². The molecule has 1 aliphatic rings. The van der Waals surface area contributed by atoms with Gasteiger partial charge in [0, 0.05) is 51.7 Å². The predicted octanol–water partition coefficient (Wildman–Crippen LogP) is 12.5. The Kier molecular flexibility index (Phi) is 6.71. The molecule has 0 saturated heterocycles. The Morgan fingerprint density at radius 2 is 1.10 bits per heavy atom. The van der Waals surface area contributed by atoms with Gasteiger partial charge in [0.2, 0.25) is 0 Å². The van der Waals surface area contributed by atoms with E-state index < -0.39 is 11.7 Å². The summed E-state index contributed by atoms with van der Waals surface area (Å²) in [4.78, 5) is 4.22. The SMILES string of the molecule is Cc1ccc2oc3ccc(N(c4ccccc4)c4ccc5c(c4)C(C)(C)c4cc(N(C)c6ccc(C(F)(F)F)cc6)ccc4-5)cc3c2c1. The highest BCUT2D eigenvalue weighted by Crippen LogP contribution is 2.52. The first kappa shape index (κ1) is 29.9. The zero-order valence-corrected chi connectivity index (χ0v) is 27.1. The van der Waals surface area contributed by atoms with E-state index in [1.165, 1.54) is 39.9 Å². The summed E-state index contributed by atoms with van der Waals surface area (Å²) in [5.41, 5.74) is 11.4. The normalized spacial score (nSPS) is 13.5. The number of fused-ring (bicyclic) bond motifs is 6. The second-order valence-electron chi connectivity index (χ2n) is 13.1. The summed E-state index contributed by atoms with van der Waals surface area (Å²) < 4.78 is 45.7. The average Bonchev–Trinajstić information content (AvgIpc) is 3.55. The summed E-state index contributed by atoms with van der Waals surface area (Å²) in [6.45, 7) is 6.57. The van der Waals surface area contributed by atoms with Gasteiger partial charge in [0.05, 0.1) is 5.56 Å². The summed E-state index contributed by atoms with van der Waals surface area (Å²) in [5, 5.41) is 2.17. The molecule has 1 heterocycles. The topological polar surface area (TPSA) is 19.6 Å². The van der Waals surface area contributed by atoms with Crippen LogP contribution in [-0.2, 0) is 11.6 Å². The lowest BCUT2D eigenvalue weighted by Gasteiger charge is -2.28. The number of benzene rings is 6. The first-order valence-corrected chi connectivity index (χ1v) is 16.0. The monoisotopic (exact) mass is 638 g/mol. The van der Waals surface area contributed by atoms with Gasteiger partial charge < -0.3 is 14.2 Å². The van der Waals surface area contributed by atoms with Crippen LogP contribution in [0, 0.1) is 6.92 Å². The van der Waals surface area contributed by atoms with Crippen molar-refractivity contribution in [1.82, 2.24) is 0 Å². The second kappa shape index (κ2) is 10.8. The number of alkyl halides is 3. The first-order valence-electron chi connectivity index (χ1n) is 16.0. The van der Waals surface area contributed by atoms with Gasteiger partial charge in [0.1, 0.15) is 11.2 Å². The number of rotatable bonds is 5. The van der Waals surface area contributed by atoms with Gasteiger partial charge in [-0.3, -0.25) is 0 Å². The third kappa shape index (κ3) is 4.82. The Morgan fingerprint density at radius 3 is 1.77 bits per heavy atom. The van der Waals surface area contributed by atoms with Crippen LogP contribution >= 0.6 is 0 Å². The van der Waals surface area contributed by atoms with Crippen molar-refractivity contribution in [3.8, 4) is 11.1 Å². The number of para-hydroxylation sites is 1. The van der Waals surface area contributed by atoms with Gasteiger partial charge in [-0.1, -0.05) is 55.8 Å². The lowest BCUT2D eigenvalue weighted by molar-refractivity contribution is -0.137. The van der Waals surface area contributed by atoms with Crippen molar-refractivity contribution >= 4 is 50.4 Å². The van der Waals surface area contributed by atoms with Crippen molar-refractivity contribution in [2.45, 2.75) is 32.4 Å². The van der Waals surface area contributed by atoms with Gasteiger partial charge in [-0.25, -0.2) is 0 Å². The molecule has 0 spiro atoms. The summed E-state index contributed by atoms with van der Waals surface area (Å²) in [6, 6.07) is 41.4. The van der Waals surface area contributed by atoms with Crippen LogP contribution in [0.15, 0.2) is 132 Å². The van der Waals surface area contributed by atoms with Crippen LogP contribution in [0.2, 0.25) is 0 Å². The molecule has 238 valence electrons.